The molecule has 1 aromatic carbocycles. The minimum atomic E-state index is -4.62. The van der Waals surface area contributed by atoms with Crippen LogP contribution in [0.1, 0.15) is 0 Å². The molecule has 0 aliphatic carbocycles. The summed E-state index contributed by atoms with van der Waals surface area (Å²) >= 11 is 0. The molecule has 0 amide bonds. The molecule has 2 aromatic rings. The molecule has 0 bridgehead atoms. The average Bonchev–Trinajstić information content (AvgIpc) is 2.43. The smallest absolute Gasteiger partial charge is 0.308 e. The largest absolute Gasteiger partial charge is 0.402 e. The van der Waals surface area contributed by atoms with Crippen LogP contribution in [0.25, 0.3) is 10.9 Å². The Balaban J connectivity index is 2.34. The Bertz CT molecular complexity index is 762. The van der Waals surface area contributed by atoms with E-state index in [1.54, 1.807) is 6.07 Å². The van der Waals surface area contributed by atoms with E-state index in [2.05, 4.69) is 10.4 Å². The van der Waals surface area contributed by atoms with Crippen LogP contribution in [0.2, 0.25) is 0 Å². The van der Waals surface area contributed by atoms with E-state index in [4.69, 9.17) is 5.84 Å². The number of nitrogens with zero attached hydrogens (tertiary/aromatic N) is 1. The number of hydrogen-bond donors (Lipinski definition) is 3. The number of anilines is 1. The van der Waals surface area contributed by atoms with Gasteiger partial charge in [0.1, 0.15) is 12.4 Å². The second kappa shape index (κ2) is 5.47. The van der Waals surface area contributed by atoms with E-state index in [1.165, 1.54) is 29.0 Å². The van der Waals surface area contributed by atoms with Crippen molar-refractivity contribution in [3.8, 4) is 0 Å². The number of nitrogens with two attached hydrogens (primary N) is 1. The Morgan fingerprint density at radius 2 is 1.90 bits per heavy atom. The number of rotatable bonds is 4. The Labute approximate surface area is 118 Å². The van der Waals surface area contributed by atoms with Gasteiger partial charge in [-0.25, -0.2) is 24.0 Å². The van der Waals surface area contributed by atoms with Gasteiger partial charge in [-0.2, -0.15) is 13.2 Å². The summed E-state index contributed by atoms with van der Waals surface area (Å²) in [5, 5.41) is 0.462. The van der Waals surface area contributed by atoms with Gasteiger partial charge in [0.25, 0.3) is 0 Å². The molecule has 6 nitrogen and oxygen atoms in total. The van der Waals surface area contributed by atoms with Crippen molar-refractivity contribution < 1.29 is 21.6 Å². The molecule has 0 spiro atoms. The maximum absolute atomic E-state index is 12.1. The zero-order valence-electron chi connectivity index (χ0n) is 10.5. The normalized spacial score (nSPS) is 12.6. The van der Waals surface area contributed by atoms with Crippen molar-refractivity contribution in [2.75, 3.05) is 12.0 Å². The summed E-state index contributed by atoms with van der Waals surface area (Å²) < 4.78 is 61.3. The zero-order valence-corrected chi connectivity index (χ0v) is 11.3. The van der Waals surface area contributed by atoms with Crippen LogP contribution in [0, 0.1) is 0 Å². The number of benzene rings is 1. The number of alkyl halides is 3. The predicted molar refractivity (Wildman–Crippen MR) is 70.8 cm³/mol. The minimum Gasteiger partial charge on any atom is -0.308 e. The first kappa shape index (κ1) is 15.5. The highest BCUT2D eigenvalue weighted by atomic mass is 32.2. The van der Waals surface area contributed by atoms with Gasteiger partial charge in [0.15, 0.2) is 0 Å². The molecule has 0 fully saturated rings. The van der Waals surface area contributed by atoms with Gasteiger partial charge in [-0.15, -0.1) is 0 Å². The van der Waals surface area contributed by atoms with Gasteiger partial charge in [0.05, 0.1) is 10.4 Å². The lowest BCUT2D eigenvalue weighted by atomic mass is 10.2. The number of aromatic nitrogens is 1. The van der Waals surface area contributed by atoms with Gasteiger partial charge in [-0.05, 0) is 30.3 Å². The lowest BCUT2D eigenvalue weighted by Gasteiger charge is -2.10. The molecule has 0 saturated carbocycles. The van der Waals surface area contributed by atoms with Gasteiger partial charge in [0.2, 0.25) is 10.0 Å². The van der Waals surface area contributed by atoms with E-state index in [-0.39, 0.29) is 4.90 Å². The molecule has 0 saturated heterocycles. The number of fused-ring (bicyclic) bond motifs is 1. The summed E-state index contributed by atoms with van der Waals surface area (Å²) in [6.45, 7) is -1.62. The van der Waals surface area contributed by atoms with Gasteiger partial charge in [0, 0.05) is 5.39 Å². The van der Waals surface area contributed by atoms with Crippen molar-refractivity contribution >= 4 is 26.7 Å². The van der Waals surface area contributed by atoms with Crippen molar-refractivity contribution in [2.45, 2.75) is 11.1 Å². The first-order valence-corrected chi connectivity index (χ1v) is 7.13. The van der Waals surface area contributed by atoms with Crippen molar-refractivity contribution in [3.63, 3.8) is 0 Å². The van der Waals surface area contributed by atoms with Crippen LogP contribution in [0.5, 0.6) is 0 Å². The highest BCUT2D eigenvalue weighted by Gasteiger charge is 2.30. The lowest BCUT2D eigenvalue weighted by molar-refractivity contribution is -0.121. The lowest BCUT2D eigenvalue weighted by Crippen LogP contribution is -2.33. The second-order valence-electron chi connectivity index (χ2n) is 4.14. The summed E-state index contributed by atoms with van der Waals surface area (Å²) in [5.74, 6) is 5.58. The molecular formula is C11H11F3N4O2S. The average molecular weight is 320 g/mol. The number of nitrogens with one attached hydrogen (secondary N) is 2. The van der Waals surface area contributed by atoms with Gasteiger partial charge in [-0.1, -0.05) is 0 Å². The third-order valence-corrected chi connectivity index (χ3v) is 3.98. The number of halogens is 3. The fraction of sp³-hybridized carbons (Fsp3) is 0.182. The van der Waals surface area contributed by atoms with E-state index >= 15 is 0 Å². The summed E-state index contributed by atoms with van der Waals surface area (Å²) in [4.78, 5) is 3.80. The summed E-state index contributed by atoms with van der Waals surface area (Å²) in [5.41, 5.74) is 2.79. The monoisotopic (exact) mass is 320 g/mol. The van der Waals surface area contributed by atoms with Crippen molar-refractivity contribution in [3.05, 3.63) is 30.3 Å². The van der Waals surface area contributed by atoms with Gasteiger partial charge < -0.3 is 5.43 Å². The minimum absolute atomic E-state index is 0.269. The van der Waals surface area contributed by atoms with Crippen LogP contribution in [0.4, 0.5) is 19.0 Å². The highest BCUT2D eigenvalue weighted by molar-refractivity contribution is 7.89. The zero-order chi connectivity index (χ0) is 15.7. The number of hydrogen-bond acceptors (Lipinski definition) is 5. The summed E-state index contributed by atoms with van der Waals surface area (Å²) in [6, 6.07) is 6.87. The van der Waals surface area contributed by atoms with E-state index in [1.807, 2.05) is 0 Å². The molecule has 0 atom stereocenters. The SMILES string of the molecule is NNc1ccc2cc(S(=O)(=O)NCC(F)(F)F)ccc2n1. The first-order valence-electron chi connectivity index (χ1n) is 5.65. The van der Waals surface area contributed by atoms with E-state index in [9.17, 15) is 21.6 Å². The van der Waals surface area contributed by atoms with E-state index in [0.29, 0.717) is 16.7 Å². The highest BCUT2D eigenvalue weighted by Crippen LogP contribution is 2.20. The molecule has 0 aliphatic heterocycles. The van der Waals surface area contributed by atoms with Crippen LogP contribution in [-0.2, 0) is 10.0 Å². The number of pyridine rings is 1. The molecule has 114 valence electrons. The quantitative estimate of drug-likeness (QED) is 0.584. The molecule has 0 aliphatic rings. The van der Waals surface area contributed by atoms with Crippen LogP contribution >= 0.6 is 0 Å². The van der Waals surface area contributed by atoms with Crippen molar-refractivity contribution in [1.29, 1.82) is 0 Å². The molecule has 2 rings (SSSR count). The molecule has 4 N–H and O–H groups in total. The van der Waals surface area contributed by atoms with Gasteiger partial charge in [-0.3, -0.25) is 0 Å². The second-order valence-corrected chi connectivity index (χ2v) is 5.90. The van der Waals surface area contributed by atoms with Crippen LogP contribution in [-0.4, -0.2) is 26.1 Å². The fourth-order valence-electron chi connectivity index (χ4n) is 1.61. The summed E-state index contributed by atoms with van der Waals surface area (Å²) in [7, 11) is -4.24. The van der Waals surface area contributed by atoms with E-state index < -0.39 is 22.7 Å². The Hall–Kier alpha value is -1.91. The molecule has 1 heterocycles. The fourth-order valence-corrected chi connectivity index (χ4v) is 2.66. The third kappa shape index (κ3) is 3.80. The molecule has 0 unspecified atom stereocenters. The molecular weight excluding hydrogens is 309 g/mol. The molecule has 0 radical (unpaired) electrons. The molecule has 10 heteroatoms. The van der Waals surface area contributed by atoms with Gasteiger partial charge >= 0.3 is 6.18 Å². The van der Waals surface area contributed by atoms with Crippen LogP contribution in [0.15, 0.2) is 35.2 Å². The van der Waals surface area contributed by atoms with Crippen molar-refractivity contribution in [1.82, 2.24) is 9.71 Å². The maximum atomic E-state index is 12.1. The standard InChI is InChI=1S/C11H11F3N4O2S/c12-11(13,14)6-16-21(19,20)8-2-3-9-7(5-8)1-4-10(17-9)18-15/h1-5,16H,6,15H2,(H,17,18). The Kier molecular flexibility index (Phi) is 4.03. The number of nitrogen functional groups attached to an aromatic ring is 1. The predicted octanol–water partition coefficient (Wildman–Crippen LogP) is 1.36. The molecule has 21 heavy (non-hydrogen) atoms. The van der Waals surface area contributed by atoms with Crippen molar-refractivity contribution in [2.24, 2.45) is 5.84 Å². The number of sulfonamides is 1. The number of hydrazine groups is 1. The van der Waals surface area contributed by atoms with Crippen LogP contribution in [0.3, 0.4) is 0 Å². The van der Waals surface area contributed by atoms with E-state index in [0.717, 1.165) is 0 Å². The third-order valence-electron chi connectivity index (χ3n) is 2.58. The Morgan fingerprint density at radius 3 is 2.52 bits per heavy atom. The topological polar surface area (TPSA) is 97.1 Å². The Morgan fingerprint density at radius 1 is 1.19 bits per heavy atom. The first-order chi connectivity index (χ1) is 9.71. The summed E-state index contributed by atoms with van der Waals surface area (Å²) in [6.07, 6.45) is -4.62. The maximum Gasteiger partial charge on any atom is 0.402 e. The molecule has 1 aromatic heterocycles. The van der Waals surface area contributed by atoms with Crippen LogP contribution < -0.4 is 16.0 Å².